The smallest absolute Gasteiger partial charge is 0.268 e. The Morgan fingerprint density at radius 2 is 1.63 bits per heavy atom. The van der Waals surface area contributed by atoms with Gasteiger partial charge >= 0.3 is 0 Å². The number of aryl methyl sites for hydroxylation is 1. The molecule has 196 valence electrons. The third-order valence-electron chi connectivity index (χ3n) is 6.45. The molecule has 1 aromatic heterocycles. The fourth-order valence-electron chi connectivity index (χ4n) is 4.19. The van der Waals surface area contributed by atoms with E-state index in [2.05, 4.69) is 16.0 Å². The minimum Gasteiger partial charge on any atom is -0.352 e. The molecule has 8 heteroatoms. The van der Waals surface area contributed by atoms with Gasteiger partial charge in [0.15, 0.2) is 0 Å². The van der Waals surface area contributed by atoms with Gasteiger partial charge in [-0.05, 0) is 54.4 Å². The Labute approximate surface area is 227 Å². The normalized spacial score (nSPS) is 11.8. The van der Waals surface area contributed by atoms with E-state index in [9.17, 15) is 14.4 Å². The van der Waals surface area contributed by atoms with E-state index in [4.69, 9.17) is 11.6 Å². The molecule has 1 atom stereocenters. The minimum atomic E-state index is -0.364. The minimum absolute atomic E-state index is 0.0651. The molecule has 4 aromatic rings. The number of nitrogens with zero attached hydrogens (tertiary/aromatic N) is 1. The summed E-state index contributed by atoms with van der Waals surface area (Å²) in [5.41, 5.74) is 4.06. The van der Waals surface area contributed by atoms with Crippen LogP contribution in [0.1, 0.15) is 58.8 Å². The van der Waals surface area contributed by atoms with Crippen molar-refractivity contribution in [3.63, 3.8) is 0 Å². The van der Waals surface area contributed by atoms with Gasteiger partial charge in [0.1, 0.15) is 5.69 Å². The molecule has 3 aromatic carbocycles. The fraction of sp³-hybridized carbons (Fsp3) is 0.233. The lowest BCUT2D eigenvalue weighted by molar-refractivity contribution is -0.124. The first-order chi connectivity index (χ1) is 18.1. The zero-order valence-electron chi connectivity index (χ0n) is 21.8. The lowest BCUT2D eigenvalue weighted by Crippen LogP contribution is -2.28. The molecule has 0 aliphatic heterocycles. The number of carbonyl (C=O) groups excluding carboxylic acids is 3. The number of aromatic nitrogens is 1. The summed E-state index contributed by atoms with van der Waals surface area (Å²) in [6.45, 7) is 5.89. The van der Waals surface area contributed by atoms with Crippen LogP contribution in [0, 0.1) is 5.92 Å². The van der Waals surface area contributed by atoms with Gasteiger partial charge in [0.25, 0.3) is 11.8 Å². The van der Waals surface area contributed by atoms with Gasteiger partial charge in [0, 0.05) is 36.1 Å². The number of benzene rings is 3. The highest BCUT2D eigenvalue weighted by atomic mass is 35.5. The molecule has 0 fully saturated rings. The van der Waals surface area contributed by atoms with Gasteiger partial charge in [-0.2, -0.15) is 0 Å². The van der Waals surface area contributed by atoms with Gasteiger partial charge in [0.2, 0.25) is 5.91 Å². The first-order valence-electron chi connectivity index (χ1n) is 12.5. The van der Waals surface area contributed by atoms with Gasteiger partial charge in [-0.3, -0.25) is 14.4 Å². The summed E-state index contributed by atoms with van der Waals surface area (Å²) in [5, 5.41) is 9.91. The molecular weight excluding hydrogens is 500 g/mol. The Kier molecular flexibility index (Phi) is 8.17. The van der Waals surface area contributed by atoms with E-state index < -0.39 is 0 Å². The first kappa shape index (κ1) is 26.9. The van der Waals surface area contributed by atoms with Crippen LogP contribution in [-0.2, 0) is 18.4 Å². The second-order valence-corrected chi connectivity index (χ2v) is 10.0. The summed E-state index contributed by atoms with van der Waals surface area (Å²) in [6, 6.07) is 22.0. The van der Waals surface area contributed by atoms with Gasteiger partial charge in [-0.15, -0.1) is 0 Å². The molecule has 0 aliphatic carbocycles. The molecule has 0 saturated heterocycles. The first-order valence-corrected chi connectivity index (χ1v) is 12.8. The van der Waals surface area contributed by atoms with Crippen molar-refractivity contribution in [3.8, 4) is 0 Å². The van der Waals surface area contributed by atoms with Gasteiger partial charge in [-0.1, -0.05) is 61.8 Å². The van der Waals surface area contributed by atoms with Crippen LogP contribution in [0.25, 0.3) is 10.9 Å². The van der Waals surface area contributed by atoms with Gasteiger partial charge in [-0.25, -0.2) is 0 Å². The Bertz CT molecular complexity index is 1490. The van der Waals surface area contributed by atoms with E-state index in [1.807, 2.05) is 80.9 Å². The molecule has 0 spiro atoms. The number of amides is 3. The molecule has 3 N–H and O–H groups in total. The SMILES string of the molecule is CC(C)C(=O)NCc1ccc(Cl)c(C(=O)Nc2ccc3c(c2)cc(C(=O)N[C@@H](C)c2ccccc2)n3C)c1. The summed E-state index contributed by atoms with van der Waals surface area (Å²) in [4.78, 5) is 38.0. The van der Waals surface area contributed by atoms with E-state index in [1.165, 1.54) is 0 Å². The van der Waals surface area contributed by atoms with Crippen LogP contribution < -0.4 is 16.0 Å². The topological polar surface area (TPSA) is 92.2 Å². The van der Waals surface area contributed by atoms with Crippen molar-refractivity contribution in [2.24, 2.45) is 13.0 Å². The molecule has 4 rings (SSSR count). The average molecular weight is 531 g/mol. The molecule has 0 saturated carbocycles. The fourth-order valence-corrected chi connectivity index (χ4v) is 4.39. The lowest BCUT2D eigenvalue weighted by atomic mass is 10.1. The number of hydrogen-bond donors (Lipinski definition) is 3. The van der Waals surface area contributed by atoms with Crippen LogP contribution in [0.2, 0.25) is 5.02 Å². The van der Waals surface area contributed by atoms with E-state index in [1.54, 1.807) is 24.3 Å². The maximum atomic E-state index is 13.1. The van der Waals surface area contributed by atoms with Crippen molar-refractivity contribution in [3.05, 3.63) is 100 Å². The van der Waals surface area contributed by atoms with Crippen molar-refractivity contribution < 1.29 is 14.4 Å². The molecule has 0 bridgehead atoms. The Morgan fingerprint density at radius 3 is 2.34 bits per heavy atom. The zero-order chi connectivity index (χ0) is 27.4. The maximum Gasteiger partial charge on any atom is 0.268 e. The van der Waals surface area contributed by atoms with E-state index in [0.29, 0.717) is 28.5 Å². The van der Waals surface area contributed by atoms with Crippen molar-refractivity contribution in [1.82, 2.24) is 15.2 Å². The summed E-state index contributed by atoms with van der Waals surface area (Å²) in [5.74, 6) is -0.739. The van der Waals surface area contributed by atoms with E-state index >= 15 is 0 Å². The zero-order valence-corrected chi connectivity index (χ0v) is 22.6. The van der Waals surface area contributed by atoms with Crippen molar-refractivity contribution >= 4 is 45.9 Å². The van der Waals surface area contributed by atoms with Crippen LogP contribution in [0.5, 0.6) is 0 Å². The summed E-state index contributed by atoms with van der Waals surface area (Å²) < 4.78 is 1.83. The predicted molar refractivity (Wildman–Crippen MR) is 151 cm³/mol. The summed E-state index contributed by atoms with van der Waals surface area (Å²) in [7, 11) is 1.84. The van der Waals surface area contributed by atoms with E-state index in [-0.39, 0.29) is 29.7 Å². The van der Waals surface area contributed by atoms with Crippen LogP contribution >= 0.6 is 11.6 Å². The Morgan fingerprint density at radius 1 is 0.895 bits per heavy atom. The highest BCUT2D eigenvalue weighted by Gasteiger charge is 2.18. The third kappa shape index (κ3) is 6.06. The third-order valence-corrected chi connectivity index (χ3v) is 6.78. The predicted octanol–water partition coefficient (Wildman–Crippen LogP) is 5.85. The molecule has 3 amide bonds. The number of nitrogens with one attached hydrogen (secondary N) is 3. The standard InChI is InChI=1S/C30H31ClN4O3/c1-18(2)28(36)32-17-20-10-12-25(31)24(14-20)29(37)34-23-11-13-26-22(15-23)16-27(35(26)4)30(38)33-19(3)21-8-6-5-7-9-21/h5-16,18-19H,17H2,1-4H3,(H,32,36)(H,33,38)(H,34,37)/t19-/m0/s1. The van der Waals surface area contributed by atoms with Gasteiger partial charge < -0.3 is 20.5 Å². The molecule has 0 aliphatic rings. The van der Waals surface area contributed by atoms with Crippen LogP contribution in [0.15, 0.2) is 72.8 Å². The number of halogens is 1. The second-order valence-electron chi connectivity index (χ2n) is 9.61. The summed E-state index contributed by atoms with van der Waals surface area (Å²) >= 11 is 6.31. The van der Waals surface area contributed by atoms with Crippen LogP contribution in [0.3, 0.4) is 0 Å². The molecule has 1 heterocycles. The molecule has 38 heavy (non-hydrogen) atoms. The molecule has 0 radical (unpaired) electrons. The van der Waals surface area contributed by atoms with Crippen molar-refractivity contribution in [2.75, 3.05) is 5.32 Å². The lowest BCUT2D eigenvalue weighted by Gasteiger charge is -2.14. The average Bonchev–Trinajstić information content (AvgIpc) is 3.23. The number of hydrogen-bond acceptors (Lipinski definition) is 3. The highest BCUT2D eigenvalue weighted by molar-refractivity contribution is 6.34. The number of anilines is 1. The van der Waals surface area contributed by atoms with Crippen molar-refractivity contribution in [1.29, 1.82) is 0 Å². The highest BCUT2D eigenvalue weighted by Crippen LogP contribution is 2.25. The monoisotopic (exact) mass is 530 g/mol. The Balaban J connectivity index is 1.49. The van der Waals surface area contributed by atoms with E-state index in [0.717, 1.165) is 22.0 Å². The van der Waals surface area contributed by atoms with Crippen molar-refractivity contribution in [2.45, 2.75) is 33.4 Å². The quantitative estimate of drug-likeness (QED) is 0.267. The maximum absolute atomic E-state index is 13.1. The molecule has 7 nitrogen and oxygen atoms in total. The van der Waals surface area contributed by atoms with Crippen LogP contribution in [0.4, 0.5) is 5.69 Å². The van der Waals surface area contributed by atoms with Gasteiger partial charge in [0.05, 0.1) is 16.6 Å². The molecular formula is C30H31ClN4O3. The number of rotatable bonds is 8. The largest absolute Gasteiger partial charge is 0.352 e. The summed E-state index contributed by atoms with van der Waals surface area (Å²) in [6.07, 6.45) is 0. The second kappa shape index (κ2) is 11.5. The number of carbonyl (C=O) groups is 3. The number of fused-ring (bicyclic) bond motifs is 1. The molecule has 0 unspecified atom stereocenters. The van der Waals surface area contributed by atoms with Crippen LogP contribution in [-0.4, -0.2) is 22.3 Å². The Hall–Kier alpha value is -4.10.